The summed E-state index contributed by atoms with van der Waals surface area (Å²) in [6, 6.07) is 7.73. The first kappa shape index (κ1) is 9.77. The number of nitrogens with zero attached hydrogens (tertiary/aromatic N) is 3. The lowest BCUT2D eigenvalue weighted by atomic mass is 10.2. The molecule has 5 heteroatoms. The minimum Gasteiger partial charge on any atom is -0.496 e. The number of methoxy groups -OCH3 is 1. The molecule has 3 aromatic rings. The van der Waals surface area contributed by atoms with Crippen molar-refractivity contribution in [3.63, 3.8) is 0 Å². The van der Waals surface area contributed by atoms with Gasteiger partial charge in [0, 0.05) is 0 Å². The number of fused-ring (bicyclic) bond motifs is 1. The van der Waals surface area contributed by atoms with Crippen molar-refractivity contribution in [1.29, 1.82) is 0 Å². The van der Waals surface area contributed by atoms with E-state index in [-0.39, 0.29) is 0 Å². The van der Waals surface area contributed by atoms with Gasteiger partial charge in [-0.05, 0) is 12.1 Å². The molecule has 0 spiro atoms. The molecule has 0 radical (unpaired) electrons. The highest BCUT2D eigenvalue weighted by molar-refractivity contribution is 5.79. The maximum atomic E-state index is 5.30. The van der Waals surface area contributed by atoms with Gasteiger partial charge in [-0.3, -0.25) is 0 Å². The fraction of sp³-hybridized carbons (Fsp3) is 0.0833. The SMILES string of the molecule is COc1ccccc1-c1nc2cnncc2[nH]1. The largest absolute Gasteiger partial charge is 0.496 e. The van der Waals surface area contributed by atoms with Gasteiger partial charge in [-0.15, -0.1) is 0 Å². The number of nitrogens with one attached hydrogen (secondary N) is 1. The van der Waals surface area contributed by atoms with Crippen LogP contribution in [0.5, 0.6) is 5.75 Å². The molecule has 0 bridgehead atoms. The van der Waals surface area contributed by atoms with E-state index in [1.165, 1.54) is 0 Å². The molecule has 17 heavy (non-hydrogen) atoms. The molecule has 0 aliphatic carbocycles. The number of imidazole rings is 1. The first-order valence-electron chi connectivity index (χ1n) is 5.18. The molecule has 0 aliphatic rings. The molecule has 84 valence electrons. The predicted octanol–water partition coefficient (Wildman–Crippen LogP) is 2.03. The summed E-state index contributed by atoms with van der Waals surface area (Å²) in [5.41, 5.74) is 2.58. The lowest BCUT2D eigenvalue weighted by Gasteiger charge is -2.04. The molecule has 1 N–H and O–H groups in total. The monoisotopic (exact) mass is 226 g/mol. The maximum Gasteiger partial charge on any atom is 0.142 e. The average Bonchev–Trinajstić information content (AvgIpc) is 2.82. The number of benzene rings is 1. The summed E-state index contributed by atoms with van der Waals surface area (Å²) < 4.78 is 5.30. The summed E-state index contributed by atoms with van der Waals surface area (Å²) in [7, 11) is 1.64. The number of aromatic nitrogens is 4. The molecule has 2 aromatic heterocycles. The van der Waals surface area contributed by atoms with Crippen molar-refractivity contribution >= 4 is 11.0 Å². The van der Waals surface area contributed by atoms with E-state index in [2.05, 4.69) is 20.2 Å². The zero-order chi connectivity index (χ0) is 11.7. The molecule has 1 aromatic carbocycles. The van der Waals surface area contributed by atoms with E-state index in [0.717, 1.165) is 28.2 Å². The third-order valence-corrected chi connectivity index (χ3v) is 2.56. The van der Waals surface area contributed by atoms with Crippen molar-refractivity contribution in [2.75, 3.05) is 7.11 Å². The van der Waals surface area contributed by atoms with Crippen molar-refractivity contribution < 1.29 is 4.74 Å². The van der Waals surface area contributed by atoms with Crippen LogP contribution >= 0.6 is 0 Å². The molecule has 0 atom stereocenters. The Bertz CT molecular complexity index is 629. The maximum absolute atomic E-state index is 5.30. The molecular formula is C12H10N4O. The zero-order valence-corrected chi connectivity index (χ0v) is 9.21. The van der Waals surface area contributed by atoms with E-state index < -0.39 is 0 Å². The van der Waals surface area contributed by atoms with E-state index in [1.807, 2.05) is 24.3 Å². The lowest BCUT2D eigenvalue weighted by molar-refractivity contribution is 0.416. The highest BCUT2D eigenvalue weighted by atomic mass is 16.5. The summed E-state index contributed by atoms with van der Waals surface area (Å²) in [6.07, 6.45) is 3.28. The second-order valence-corrected chi connectivity index (χ2v) is 3.57. The van der Waals surface area contributed by atoms with Crippen LogP contribution in [0.25, 0.3) is 22.4 Å². The Morgan fingerprint density at radius 1 is 1.12 bits per heavy atom. The number of hydrogen-bond acceptors (Lipinski definition) is 4. The minimum absolute atomic E-state index is 0.757. The van der Waals surface area contributed by atoms with Crippen molar-refractivity contribution in [3.05, 3.63) is 36.7 Å². The van der Waals surface area contributed by atoms with E-state index in [4.69, 9.17) is 4.74 Å². The Balaban J connectivity index is 2.20. The highest BCUT2D eigenvalue weighted by Crippen LogP contribution is 2.28. The number of H-pyrrole nitrogens is 1. The quantitative estimate of drug-likeness (QED) is 0.726. The number of aromatic amines is 1. The van der Waals surface area contributed by atoms with Gasteiger partial charge in [-0.2, -0.15) is 10.2 Å². The number of rotatable bonds is 2. The van der Waals surface area contributed by atoms with Gasteiger partial charge < -0.3 is 9.72 Å². The standard InChI is InChI=1S/C12H10N4O/c1-17-11-5-3-2-4-8(11)12-15-9-6-13-14-7-10(9)16-12/h2-7H,1H3,(H,15,16). The Morgan fingerprint density at radius 2 is 1.94 bits per heavy atom. The molecule has 0 saturated carbocycles. The first-order chi connectivity index (χ1) is 8.38. The number of ether oxygens (including phenoxy) is 1. The lowest BCUT2D eigenvalue weighted by Crippen LogP contribution is -1.88. The van der Waals surface area contributed by atoms with E-state index in [0.29, 0.717) is 0 Å². The molecule has 5 nitrogen and oxygen atoms in total. The highest BCUT2D eigenvalue weighted by Gasteiger charge is 2.09. The van der Waals surface area contributed by atoms with Gasteiger partial charge in [0.25, 0.3) is 0 Å². The molecule has 2 heterocycles. The van der Waals surface area contributed by atoms with Crippen molar-refractivity contribution in [2.45, 2.75) is 0 Å². The van der Waals surface area contributed by atoms with E-state index in [9.17, 15) is 0 Å². The minimum atomic E-state index is 0.757. The van der Waals surface area contributed by atoms with Gasteiger partial charge in [0.2, 0.25) is 0 Å². The summed E-state index contributed by atoms with van der Waals surface area (Å²) in [4.78, 5) is 7.65. The smallest absolute Gasteiger partial charge is 0.142 e. The van der Waals surface area contributed by atoms with Gasteiger partial charge in [0.05, 0.1) is 30.6 Å². The molecule has 3 rings (SSSR count). The summed E-state index contributed by atoms with van der Waals surface area (Å²) in [5, 5.41) is 7.61. The second kappa shape index (κ2) is 3.86. The van der Waals surface area contributed by atoms with Crippen LogP contribution in [0, 0.1) is 0 Å². The summed E-state index contributed by atoms with van der Waals surface area (Å²) >= 11 is 0. The molecule has 0 aliphatic heterocycles. The predicted molar refractivity (Wildman–Crippen MR) is 63.7 cm³/mol. The third kappa shape index (κ3) is 1.61. The summed E-state index contributed by atoms with van der Waals surface area (Å²) in [6.45, 7) is 0. The summed E-state index contributed by atoms with van der Waals surface area (Å²) in [5.74, 6) is 1.54. The van der Waals surface area contributed by atoms with Gasteiger partial charge in [-0.25, -0.2) is 4.98 Å². The second-order valence-electron chi connectivity index (χ2n) is 3.57. The van der Waals surface area contributed by atoms with Crippen molar-refractivity contribution in [1.82, 2.24) is 20.2 Å². The van der Waals surface area contributed by atoms with Crippen LogP contribution in [0.2, 0.25) is 0 Å². The fourth-order valence-corrected chi connectivity index (χ4v) is 1.74. The zero-order valence-electron chi connectivity index (χ0n) is 9.21. The molecule has 0 amide bonds. The Labute approximate surface area is 97.5 Å². The number of para-hydroxylation sites is 1. The van der Waals surface area contributed by atoms with Gasteiger partial charge >= 0.3 is 0 Å². The average molecular weight is 226 g/mol. The van der Waals surface area contributed by atoms with Crippen LogP contribution < -0.4 is 4.74 Å². The fourth-order valence-electron chi connectivity index (χ4n) is 1.74. The van der Waals surface area contributed by atoms with Crippen LogP contribution in [0.1, 0.15) is 0 Å². The van der Waals surface area contributed by atoms with Crippen LogP contribution in [0.3, 0.4) is 0 Å². The van der Waals surface area contributed by atoms with E-state index in [1.54, 1.807) is 19.5 Å². The molecular weight excluding hydrogens is 216 g/mol. The van der Waals surface area contributed by atoms with Crippen LogP contribution in [0.15, 0.2) is 36.7 Å². The third-order valence-electron chi connectivity index (χ3n) is 2.56. The number of hydrogen-bond donors (Lipinski definition) is 1. The molecule has 0 unspecified atom stereocenters. The van der Waals surface area contributed by atoms with Crippen molar-refractivity contribution in [3.8, 4) is 17.1 Å². The van der Waals surface area contributed by atoms with Crippen LogP contribution in [-0.4, -0.2) is 27.3 Å². The molecule has 0 fully saturated rings. The van der Waals surface area contributed by atoms with Gasteiger partial charge in [-0.1, -0.05) is 12.1 Å². The Hall–Kier alpha value is -2.43. The van der Waals surface area contributed by atoms with E-state index >= 15 is 0 Å². The first-order valence-corrected chi connectivity index (χ1v) is 5.18. The topological polar surface area (TPSA) is 63.7 Å². The van der Waals surface area contributed by atoms with Crippen LogP contribution in [0.4, 0.5) is 0 Å². The molecule has 0 saturated heterocycles. The van der Waals surface area contributed by atoms with Gasteiger partial charge in [0.15, 0.2) is 0 Å². The van der Waals surface area contributed by atoms with Gasteiger partial charge in [0.1, 0.15) is 17.1 Å². The van der Waals surface area contributed by atoms with Crippen LogP contribution in [-0.2, 0) is 0 Å². The van der Waals surface area contributed by atoms with Crippen molar-refractivity contribution in [2.24, 2.45) is 0 Å². The Kier molecular flexibility index (Phi) is 2.22. The Morgan fingerprint density at radius 3 is 2.76 bits per heavy atom. The normalized spacial score (nSPS) is 10.6.